The van der Waals surface area contributed by atoms with Crippen molar-refractivity contribution in [1.29, 1.82) is 0 Å². The molecule has 8 heteroatoms. The largest absolute Gasteiger partial charge is 0.327 e. The first-order chi connectivity index (χ1) is 8.09. The van der Waals surface area contributed by atoms with Crippen LogP contribution in [0, 0.1) is 0 Å². The zero-order chi connectivity index (χ0) is 12.0. The van der Waals surface area contributed by atoms with Crippen molar-refractivity contribution in [2.75, 3.05) is 23.4 Å². The molecule has 1 fully saturated rings. The molecule has 0 saturated carbocycles. The molecule has 0 radical (unpaired) electrons. The quantitative estimate of drug-likeness (QED) is 0.589. The van der Waals surface area contributed by atoms with Crippen molar-refractivity contribution in [2.24, 2.45) is 5.84 Å². The highest BCUT2D eigenvalue weighted by molar-refractivity contribution is 5.68. The van der Waals surface area contributed by atoms with E-state index in [1.54, 1.807) is 22.8 Å². The molecule has 0 bridgehead atoms. The number of alkyl halides is 2. The van der Waals surface area contributed by atoms with Crippen LogP contribution in [-0.4, -0.2) is 33.6 Å². The van der Waals surface area contributed by atoms with Crippen molar-refractivity contribution in [2.45, 2.75) is 5.92 Å². The Kier molecular flexibility index (Phi) is 1.96. The summed E-state index contributed by atoms with van der Waals surface area (Å²) in [4.78, 5) is 5.51. The maximum atomic E-state index is 12.8. The lowest BCUT2D eigenvalue weighted by atomic mass is 10.2. The minimum absolute atomic E-state index is 0.243. The first kappa shape index (κ1) is 10.2. The summed E-state index contributed by atoms with van der Waals surface area (Å²) in [5, 5.41) is 4.13. The molecule has 0 atom stereocenters. The first-order valence-electron chi connectivity index (χ1n) is 5.04. The van der Waals surface area contributed by atoms with Crippen LogP contribution in [0.2, 0.25) is 0 Å². The molecule has 1 saturated heterocycles. The summed E-state index contributed by atoms with van der Waals surface area (Å²) in [7, 11) is 0. The average molecular weight is 240 g/mol. The van der Waals surface area contributed by atoms with Gasteiger partial charge in [-0.3, -0.25) is 0 Å². The Hall–Kier alpha value is -1.96. The number of fused-ring (bicyclic) bond motifs is 1. The molecule has 1 aliphatic rings. The Bertz CT molecular complexity index is 558. The molecule has 0 spiro atoms. The summed E-state index contributed by atoms with van der Waals surface area (Å²) < 4.78 is 27.1. The van der Waals surface area contributed by atoms with Crippen molar-refractivity contribution in [1.82, 2.24) is 14.6 Å². The molecule has 6 nitrogen and oxygen atoms in total. The number of anilines is 2. The molecule has 0 aliphatic carbocycles. The molecular weight excluding hydrogens is 230 g/mol. The maximum Gasteiger partial charge on any atom is 0.282 e. The highest BCUT2D eigenvalue weighted by Crippen LogP contribution is 2.30. The molecule has 1 aliphatic heterocycles. The van der Waals surface area contributed by atoms with Gasteiger partial charge in [0.2, 0.25) is 5.95 Å². The van der Waals surface area contributed by atoms with Gasteiger partial charge in [-0.15, -0.1) is 5.10 Å². The predicted molar refractivity (Wildman–Crippen MR) is 58.0 cm³/mol. The average Bonchev–Trinajstić information content (AvgIpc) is 2.72. The molecule has 0 amide bonds. The van der Waals surface area contributed by atoms with Gasteiger partial charge in [0.1, 0.15) is 5.52 Å². The van der Waals surface area contributed by atoms with Crippen molar-refractivity contribution < 1.29 is 8.78 Å². The lowest BCUT2D eigenvalue weighted by Crippen LogP contribution is -2.57. The number of nitrogen functional groups attached to an aromatic ring is 1. The first-order valence-corrected chi connectivity index (χ1v) is 5.04. The van der Waals surface area contributed by atoms with Crippen LogP contribution in [0.5, 0.6) is 0 Å². The van der Waals surface area contributed by atoms with Crippen molar-refractivity contribution in [3.05, 3.63) is 18.3 Å². The van der Waals surface area contributed by atoms with Crippen molar-refractivity contribution in [3.8, 4) is 0 Å². The predicted octanol–water partition coefficient (Wildman–Crippen LogP) is 0.470. The van der Waals surface area contributed by atoms with Crippen molar-refractivity contribution in [3.63, 3.8) is 0 Å². The third-order valence-corrected chi connectivity index (χ3v) is 2.64. The summed E-state index contributed by atoms with van der Waals surface area (Å²) in [6.45, 7) is -0.715. The standard InChI is InChI=1S/C9H10F2N6/c10-9(11)4-16(5-9)8-13-7(14-12)6-2-1-3-17(6)15-8/h1-3H,4-5,12H2,(H,13,14,15). The second-order valence-electron chi connectivity index (χ2n) is 3.95. The Morgan fingerprint density at radius 2 is 2.18 bits per heavy atom. The maximum absolute atomic E-state index is 12.8. The number of nitrogens with two attached hydrogens (primary N) is 1. The fourth-order valence-electron chi connectivity index (χ4n) is 1.82. The van der Waals surface area contributed by atoms with E-state index in [9.17, 15) is 8.78 Å². The van der Waals surface area contributed by atoms with Gasteiger partial charge in [0, 0.05) is 6.20 Å². The smallest absolute Gasteiger partial charge is 0.282 e. The summed E-state index contributed by atoms with van der Waals surface area (Å²) in [5.74, 6) is 3.34. The van der Waals surface area contributed by atoms with E-state index in [2.05, 4.69) is 15.5 Å². The number of halogens is 2. The number of hydrogen-bond donors (Lipinski definition) is 2. The lowest BCUT2D eigenvalue weighted by Gasteiger charge is -2.38. The number of hydrogen-bond acceptors (Lipinski definition) is 5. The van der Waals surface area contributed by atoms with E-state index < -0.39 is 5.92 Å². The zero-order valence-corrected chi connectivity index (χ0v) is 8.77. The Morgan fingerprint density at radius 1 is 1.41 bits per heavy atom. The number of aromatic nitrogens is 3. The Labute approximate surface area is 95.0 Å². The van der Waals surface area contributed by atoms with Crippen molar-refractivity contribution >= 4 is 17.3 Å². The SMILES string of the molecule is NNc1nc(N2CC(F)(F)C2)nn2cccc12. The van der Waals surface area contributed by atoms with Crippen LogP contribution in [0.4, 0.5) is 20.5 Å². The van der Waals surface area contributed by atoms with Crippen LogP contribution < -0.4 is 16.2 Å². The van der Waals surface area contributed by atoms with Gasteiger partial charge >= 0.3 is 0 Å². The summed E-state index contributed by atoms with van der Waals surface area (Å²) in [6, 6.07) is 3.56. The molecule has 2 aromatic rings. The van der Waals surface area contributed by atoms with E-state index in [0.717, 1.165) is 0 Å². The molecular formula is C9H10F2N6. The number of rotatable bonds is 2. The molecule has 2 aromatic heterocycles. The second kappa shape index (κ2) is 3.27. The minimum atomic E-state index is -2.65. The summed E-state index contributed by atoms with van der Waals surface area (Å²) in [5.41, 5.74) is 3.13. The monoisotopic (exact) mass is 240 g/mol. The molecule has 90 valence electrons. The van der Waals surface area contributed by atoms with Crippen LogP contribution in [0.25, 0.3) is 5.52 Å². The fourth-order valence-corrected chi connectivity index (χ4v) is 1.82. The van der Waals surface area contributed by atoms with E-state index in [1.165, 1.54) is 4.90 Å². The Morgan fingerprint density at radius 3 is 2.82 bits per heavy atom. The molecule has 3 heterocycles. The lowest BCUT2D eigenvalue weighted by molar-refractivity contribution is -0.0272. The number of nitrogens with one attached hydrogen (secondary N) is 1. The molecule has 17 heavy (non-hydrogen) atoms. The second-order valence-corrected chi connectivity index (χ2v) is 3.95. The van der Waals surface area contributed by atoms with Gasteiger partial charge in [-0.2, -0.15) is 4.98 Å². The van der Waals surface area contributed by atoms with Gasteiger partial charge < -0.3 is 10.3 Å². The molecule has 0 unspecified atom stereocenters. The summed E-state index contributed by atoms with van der Waals surface area (Å²) in [6.07, 6.45) is 1.71. The van der Waals surface area contributed by atoms with Gasteiger partial charge in [-0.25, -0.2) is 19.1 Å². The van der Waals surface area contributed by atoms with Gasteiger partial charge in [0.25, 0.3) is 5.92 Å². The van der Waals surface area contributed by atoms with Gasteiger partial charge in [-0.05, 0) is 12.1 Å². The van der Waals surface area contributed by atoms with Gasteiger partial charge in [0.15, 0.2) is 5.82 Å². The van der Waals surface area contributed by atoms with E-state index in [4.69, 9.17) is 5.84 Å². The topological polar surface area (TPSA) is 71.5 Å². The van der Waals surface area contributed by atoms with Crippen LogP contribution >= 0.6 is 0 Å². The third-order valence-electron chi connectivity index (χ3n) is 2.64. The minimum Gasteiger partial charge on any atom is -0.327 e. The highest BCUT2D eigenvalue weighted by Gasteiger charge is 2.45. The van der Waals surface area contributed by atoms with Crippen LogP contribution in [-0.2, 0) is 0 Å². The number of hydrazine groups is 1. The van der Waals surface area contributed by atoms with E-state index in [0.29, 0.717) is 11.3 Å². The van der Waals surface area contributed by atoms with Gasteiger partial charge in [-0.1, -0.05) is 0 Å². The molecule has 0 aromatic carbocycles. The normalized spacial score (nSPS) is 18.2. The molecule has 3 rings (SSSR count). The fraction of sp³-hybridized carbons (Fsp3) is 0.333. The van der Waals surface area contributed by atoms with Crippen LogP contribution in [0.1, 0.15) is 0 Å². The van der Waals surface area contributed by atoms with Gasteiger partial charge in [0.05, 0.1) is 13.1 Å². The zero-order valence-electron chi connectivity index (χ0n) is 8.77. The van der Waals surface area contributed by atoms with E-state index in [-0.39, 0.29) is 19.0 Å². The van der Waals surface area contributed by atoms with E-state index in [1.807, 2.05) is 0 Å². The third kappa shape index (κ3) is 1.57. The van der Waals surface area contributed by atoms with Crippen LogP contribution in [0.3, 0.4) is 0 Å². The highest BCUT2D eigenvalue weighted by atomic mass is 19.3. The van der Waals surface area contributed by atoms with Crippen LogP contribution in [0.15, 0.2) is 18.3 Å². The van der Waals surface area contributed by atoms with E-state index >= 15 is 0 Å². The molecule has 3 N–H and O–H groups in total. The Balaban J connectivity index is 2.00. The number of nitrogens with zero attached hydrogens (tertiary/aromatic N) is 4. The summed E-state index contributed by atoms with van der Waals surface area (Å²) >= 11 is 0.